The first kappa shape index (κ1) is 14.3. The molecule has 0 unspecified atom stereocenters. The fraction of sp³-hybridized carbons (Fsp3) is 0.538. The molecule has 0 aliphatic carbocycles. The molecule has 0 aliphatic heterocycles. The SMILES string of the molecule is COc1cc(NCCC(=O)NCC(C)C)ccn1. The highest BCUT2D eigenvalue weighted by atomic mass is 16.5. The first-order valence-electron chi connectivity index (χ1n) is 6.12. The molecule has 1 aromatic rings. The Morgan fingerprint density at radius 1 is 1.50 bits per heavy atom. The topological polar surface area (TPSA) is 63.2 Å². The number of carbonyl (C=O) groups is 1. The van der Waals surface area contributed by atoms with E-state index in [1.807, 2.05) is 6.07 Å². The predicted octanol–water partition coefficient (Wildman–Crippen LogP) is 1.66. The number of carbonyl (C=O) groups excluding carboxylic acids is 1. The van der Waals surface area contributed by atoms with Gasteiger partial charge in [-0.15, -0.1) is 0 Å². The van der Waals surface area contributed by atoms with Crippen molar-refractivity contribution in [3.8, 4) is 5.88 Å². The smallest absolute Gasteiger partial charge is 0.221 e. The molecular weight excluding hydrogens is 230 g/mol. The predicted molar refractivity (Wildman–Crippen MR) is 71.7 cm³/mol. The zero-order chi connectivity index (χ0) is 13.4. The van der Waals surface area contributed by atoms with Gasteiger partial charge in [0.2, 0.25) is 11.8 Å². The Balaban J connectivity index is 2.26. The van der Waals surface area contributed by atoms with Crippen LogP contribution in [0.1, 0.15) is 20.3 Å². The van der Waals surface area contributed by atoms with Crippen molar-refractivity contribution in [2.45, 2.75) is 20.3 Å². The van der Waals surface area contributed by atoms with Crippen molar-refractivity contribution in [3.05, 3.63) is 18.3 Å². The number of nitrogens with one attached hydrogen (secondary N) is 2. The number of aromatic nitrogens is 1. The lowest BCUT2D eigenvalue weighted by Gasteiger charge is -2.09. The second-order valence-corrected chi connectivity index (χ2v) is 4.46. The Kier molecular flexibility index (Phi) is 5.97. The summed E-state index contributed by atoms with van der Waals surface area (Å²) in [5.74, 6) is 1.10. The third-order valence-electron chi connectivity index (χ3n) is 2.33. The molecule has 1 amide bonds. The van der Waals surface area contributed by atoms with Gasteiger partial charge in [-0.3, -0.25) is 4.79 Å². The number of anilines is 1. The first-order valence-corrected chi connectivity index (χ1v) is 6.12. The van der Waals surface area contributed by atoms with Gasteiger partial charge in [-0.05, 0) is 12.0 Å². The van der Waals surface area contributed by atoms with Crippen LogP contribution >= 0.6 is 0 Å². The van der Waals surface area contributed by atoms with Gasteiger partial charge >= 0.3 is 0 Å². The van der Waals surface area contributed by atoms with E-state index < -0.39 is 0 Å². The highest BCUT2D eigenvalue weighted by Gasteiger charge is 2.02. The molecule has 2 N–H and O–H groups in total. The van der Waals surface area contributed by atoms with Gasteiger partial charge in [0.25, 0.3) is 0 Å². The van der Waals surface area contributed by atoms with Crippen LogP contribution in [0.15, 0.2) is 18.3 Å². The van der Waals surface area contributed by atoms with Gasteiger partial charge in [0.1, 0.15) is 0 Å². The fourth-order valence-corrected chi connectivity index (χ4v) is 1.36. The normalized spacial score (nSPS) is 10.2. The molecule has 0 spiro atoms. The average Bonchev–Trinajstić information content (AvgIpc) is 2.36. The summed E-state index contributed by atoms with van der Waals surface area (Å²) in [6.07, 6.45) is 2.12. The van der Waals surface area contributed by atoms with Gasteiger partial charge in [0.15, 0.2) is 0 Å². The Bertz CT molecular complexity index is 380. The van der Waals surface area contributed by atoms with E-state index in [1.165, 1.54) is 0 Å². The third kappa shape index (κ3) is 5.52. The summed E-state index contributed by atoms with van der Waals surface area (Å²) in [5.41, 5.74) is 0.901. The van der Waals surface area contributed by atoms with Crippen LogP contribution in [0.5, 0.6) is 5.88 Å². The molecule has 0 radical (unpaired) electrons. The van der Waals surface area contributed by atoms with Crippen LogP contribution in [0, 0.1) is 5.92 Å². The molecule has 18 heavy (non-hydrogen) atoms. The summed E-state index contributed by atoms with van der Waals surface area (Å²) in [6.45, 7) is 5.46. The minimum atomic E-state index is 0.0669. The van der Waals surface area contributed by atoms with Crippen molar-refractivity contribution >= 4 is 11.6 Å². The third-order valence-corrected chi connectivity index (χ3v) is 2.33. The fourth-order valence-electron chi connectivity index (χ4n) is 1.36. The van der Waals surface area contributed by atoms with Gasteiger partial charge in [-0.1, -0.05) is 13.8 Å². The van der Waals surface area contributed by atoms with Crippen molar-refractivity contribution in [1.29, 1.82) is 0 Å². The molecule has 1 aromatic heterocycles. The molecule has 0 atom stereocenters. The van der Waals surface area contributed by atoms with Gasteiger partial charge < -0.3 is 15.4 Å². The van der Waals surface area contributed by atoms with Crippen LogP contribution in [0.2, 0.25) is 0 Å². The zero-order valence-electron chi connectivity index (χ0n) is 11.2. The van der Waals surface area contributed by atoms with E-state index in [-0.39, 0.29) is 5.91 Å². The molecule has 0 bridgehead atoms. The number of amides is 1. The van der Waals surface area contributed by atoms with Crippen molar-refractivity contribution in [2.24, 2.45) is 5.92 Å². The Morgan fingerprint density at radius 3 is 2.94 bits per heavy atom. The summed E-state index contributed by atoms with van der Waals surface area (Å²) >= 11 is 0. The number of hydrogen-bond donors (Lipinski definition) is 2. The number of hydrogen-bond acceptors (Lipinski definition) is 4. The second-order valence-electron chi connectivity index (χ2n) is 4.46. The maximum absolute atomic E-state index is 11.5. The summed E-state index contributed by atoms with van der Waals surface area (Å²) in [6, 6.07) is 3.64. The molecule has 0 fully saturated rings. The Hall–Kier alpha value is -1.78. The maximum atomic E-state index is 11.5. The minimum absolute atomic E-state index is 0.0669. The van der Waals surface area contributed by atoms with E-state index in [1.54, 1.807) is 19.4 Å². The summed E-state index contributed by atoms with van der Waals surface area (Å²) in [4.78, 5) is 15.5. The zero-order valence-corrected chi connectivity index (χ0v) is 11.2. The molecule has 0 saturated heterocycles. The van der Waals surface area contributed by atoms with Gasteiger partial charge in [0.05, 0.1) is 7.11 Å². The van der Waals surface area contributed by atoms with Crippen molar-refractivity contribution < 1.29 is 9.53 Å². The van der Waals surface area contributed by atoms with E-state index in [0.29, 0.717) is 24.8 Å². The standard InChI is InChI=1S/C13H21N3O2/c1-10(2)9-16-12(17)5-7-14-11-4-6-15-13(8-11)18-3/h4,6,8,10H,5,7,9H2,1-3H3,(H,14,15)(H,16,17). The second kappa shape index (κ2) is 7.53. The molecular formula is C13H21N3O2. The number of ether oxygens (including phenoxy) is 1. The molecule has 1 rings (SSSR count). The van der Waals surface area contributed by atoms with E-state index in [2.05, 4.69) is 29.5 Å². The first-order chi connectivity index (χ1) is 8.61. The Morgan fingerprint density at radius 2 is 2.28 bits per heavy atom. The quantitative estimate of drug-likeness (QED) is 0.773. The van der Waals surface area contributed by atoms with E-state index in [0.717, 1.165) is 12.2 Å². The summed E-state index contributed by atoms with van der Waals surface area (Å²) < 4.78 is 5.02. The molecule has 1 heterocycles. The summed E-state index contributed by atoms with van der Waals surface area (Å²) in [5, 5.41) is 6.03. The Labute approximate surface area is 108 Å². The van der Waals surface area contributed by atoms with Crippen molar-refractivity contribution in [3.63, 3.8) is 0 Å². The molecule has 0 aliphatic rings. The van der Waals surface area contributed by atoms with Crippen LogP contribution in [0.3, 0.4) is 0 Å². The monoisotopic (exact) mass is 251 g/mol. The molecule has 5 nitrogen and oxygen atoms in total. The molecule has 0 aromatic carbocycles. The largest absolute Gasteiger partial charge is 0.481 e. The van der Waals surface area contributed by atoms with Gasteiger partial charge in [0, 0.05) is 37.5 Å². The molecule has 0 saturated carbocycles. The van der Waals surface area contributed by atoms with Crippen LogP contribution in [0.25, 0.3) is 0 Å². The van der Waals surface area contributed by atoms with Crippen molar-refractivity contribution in [2.75, 3.05) is 25.5 Å². The van der Waals surface area contributed by atoms with Gasteiger partial charge in [-0.2, -0.15) is 0 Å². The lowest BCUT2D eigenvalue weighted by atomic mass is 10.2. The number of rotatable bonds is 7. The lowest BCUT2D eigenvalue weighted by molar-refractivity contribution is -0.120. The van der Waals surface area contributed by atoms with Crippen LogP contribution in [0.4, 0.5) is 5.69 Å². The maximum Gasteiger partial charge on any atom is 0.221 e. The highest BCUT2D eigenvalue weighted by Crippen LogP contribution is 2.12. The number of pyridine rings is 1. The van der Waals surface area contributed by atoms with Crippen LogP contribution in [-0.2, 0) is 4.79 Å². The molecule has 5 heteroatoms. The van der Waals surface area contributed by atoms with Gasteiger partial charge in [-0.25, -0.2) is 4.98 Å². The lowest BCUT2D eigenvalue weighted by Crippen LogP contribution is -2.28. The van der Waals surface area contributed by atoms with Crippen LogP contribution < -0.4 is 15.4 Å². The number of nitrogens with zero attached hydrogens (tertiary/aromatic N) is 1. The van der Waals surface area contributed by atoms with Crippen molar-refractivity contribution in [1.82, 2.24) is 10.3 Å². The average molecular weight is 251 g/mol. The minimum Gasteiger partial charge on any atom is -0.481 e. The highest BCUT2D eigenvalue weighted by molar-refractivity contribution is 5.76. The number of methoxy groups -OCH3 is 1. The molecule has 100 valence electrons. The van der Waals surface area contributed by atoms with E-state index in [4.69, 9.17) is 4.74 Å². The van der Waals surface area contributed by atoms with Crippen LogP contribution in [-0.4, -0.2) is 31.1 Å². The summed E-state index contributed by atoms with van der Waals surface area (Å²) in [7, 11) is 1.57. The van der Waals surface area contributed by atoms with E-state index in [9.17, 15) is 4.79 Å². The van der Waals surface area contributed by atoms with E-state index >= 15 is 0 Å².